The van der Waals surface area contributed by atoms with Gasteiger partial charge in [-0.25, -0.2) is 0 Å². The van der Waals surface area contributed by atoms with Crippen LogP contribution in [0.15, 0.2) is 0 Å². The van der Waals surface area contributed by atoms with Gasteiger partial charge in [-0.2, -0.15) is 0 Å². The summed E-state index contributed by atoms with van der Waals surface area (Å²) >= 11 is 0. The summed E-state index contributed by atoms with van der Waals surface area (Å²) in [7, 11) is 0. The molecule has 1 saturated heterocycles. The first-order valence-corrected chi connectivity index (χ1v) is 7.38. The molecular formula is C14H28N2O. The maximum Gasteiger partial charge on any atom is 0.0674 e. The lowest BCUT2D eigenvalue weighted by Crippen LogP contribution is -2.46. The van der Waals surface area contributed by atoms with Gasteiger partial charge >= 0.3 is 0 Å². The summed E-state index contributed by atoms with van der Waals surface area (Å²) in [5, 5.41) is 3.62. The summed E-state index contributed by atoms with van der Waals surface area (Å²) in [6.07, 6.45) is 7.08. The largest absolute Gasteiger partial charge is 0.377 e. The van der Waals surface area contributed by atoms with Gasteiger partial charge in [-0.15, -0.1) is 0 Å². The monoisotopic (exact) mass is 240 g/mol. The molecule has 3 heteroatoms. The molecule has 1 heterocycles. The SMILES string of the molecule is CCNC1CCCC(N2CCCOC(C)C2)C1. The smallest absolute Gasteiger partial charge is 0.0674 e. The van der Waals surface area contributed by atoms with E-state index in [1.807, 2.05) is 0 Å². The van der Waals surface area contributed by atoms with Crippen LogP contribution in [-0.2, 0) is 4.74 Å². The molecule has 0 aromatic heterocycles. The second-order valence-corrected chi connectivity index (χ2v) is 5.60. The lowest BCUT2D eigenvalue weighted by molar-refractivity contribution is 0.0542. The molecule has 3 atom stereocenters. The molecule has 1 saturated carbocycles. The summed E-state index contributed by atoms with van der Waals surface area (Å²) in [6.45, 7) is 8.84. The van der Waals surface area contributed by atoms with Crippen molar-refractivity contribution in [3.63, 3.8) is 0 Å². The van der Waals surface area contributed by atoms with Crippen LogP contribution < -0.4 is 5.32 Å². The molecule has 0 radical (unpaired) electrons. The normalized spacial score (nSPS) is 36.7. The van der Waals surface area contributed by atoms with E-state index in [9.17, 15) is 0 Å². The van der Waals surface area contributed by atoms with Crippen LogP contribution in [0.25, 0.3) is 0 Å². The Labute approximate surface area is 106 Å². The summed E-state index contributed by atoms with van der Waals surface area (Å²) in [5.41, 5.74) is 0. The van der Waals surface area contributed by atoms with Crippen molar-refractivity contribution in [3.8, 4) is 0 Å². The predicted octanol–water partition coefficient (Wildman–Crippen LogP) is 2.02. The number of hydrogen-bond donors (Lipinski definition) is 1. The zero-order chi connectivity index (χ0) is 12.1. The van der Waals surface area contributed by atoms with Crippen LogP contribution >= 0.6 is 0 Å². The number of ether oxygens (including phenoxy) is 1. The number of nitrogens with zero attached hydrogens (tertiary/aromatic N) is 1. The molecule has 3 nitrogen and oxygen atoms in total. The maximum atomic E-state index is 5.74. The summed E-state index contributed by atoms with van der Waals surface area (Å²) in [4.78, 5) is 2.68. The van der Waals surface area contributed by atoms with Gasteiger partial charge in [0.1, 0.15) is 0 Å². The van der Waals surface area contributed by atoms with Crippen LogP contribution in [0, 0.1) is 0 Å². The third-order valence-corrected chi connectivity index (χ3v) is 4.14. The van der Waals surface area contributed by atoms with E-state index < -0.39 is 0 Å². The van der Waals surface area contributed by atoms with Crippen LogP contribution in [0.5, 0.6) is 0 Å². The fourth-order valence-corrected chi connectivity index (χ4v) is 3.33. The molecule has 0 spiro atoms. The highest BCUT2D eigenvalue weighted by Crippen LogP contribution is 2.24. The van der Waals surface area contributed by atoms with Crippen LogP contribution in [0.4, 0.5) is 0 Å². The molecule has 0 amide bonds. The molecule has 2 fully saturated rings. The first-order valence-electron chi connectivity index (χ1n) is 7.38. The van der Waals surface area contributed by atoms with Crippen LogP contribution in [0.1, 0.15) is 46.0 Å². The van der Waals surface area contributed by atoms with Gasteiger partial charge in [0.05, 0.1) is 6.10 Å². The van der Waals surface area contributed by atoms with Gasteiger partial charge in [-0.1, -0.05) is 13.3 Å². The topological polar surface area (TPSA) is 24.5 Å². The molecule has 1 aliphatic carbocycles. The van der Waals surface area contributed by atoms with E-state index in [0.29, 0.717) is 6.10 Å². The van der Waals surface area contributed by atoms with E-state index >= 15 is 0 Å². The molecule has 0 bridgehead atoms. The Bertz CT molecular complexity index is 220. The summed E-state index contributed by atoms with van der Waals surface area (Å²) in [6, 6.07) is 1.54. The first-order chi connectivity index (χ1) is 8.29. The highest BCUT2D eigenvalue weighted by atomic mass is 16.5. The third-order valence-electron chi connectivity index (χ3n) is 4.14. The van der Waals surface area contributed by atoms with Gasteiger partial charge in [-0.3, -0.25) is 4.90 Å². The van der Waals surface area contributed by atoms with Gasteiger partial charge in [0.2, 0.25) is 0 Å². The second-order valence-electron chi connectivity index (χ2n) is 5.60. The highest BCUT2D eigenvalue weighted by Gasteiger charge is 2.28. The van der Waals surface area contributed by atoms with E-state index in [1.54, 1.807) is 0 Å². The van der Waals surface area contributed by atoms with Crippen molar-refractivity contribution < 1.29 is 4.74 Å². The fourth-order valence-electron chi connectivity index (χ4n) is 3.33. The molecule has 17 heavy (non-hydrogen) atoms. The van der Waals surface area contributed by atoms with Crippen molar-refractivity contribution in [2.75, 3.05) is 26.2 Å². The molecule has 0 aromatic carbocycles. The average Bonchev–Trinajstić information content (AvgIpc) is 2.55. The van der Waals surface area contributed by atoms with Gasteiger partial charge in [0, 0.05) is 31.8 Å². The van der Waals surface area contributed by atoms with E-state index in [0.717, 1.165) is 31.8 Å². The van der Waals surface area contributed by atoms with Crippen molar-refractivity contribution in [2.45, 2.75) is 64.1 Å². The molecule has 2 aliphatic rings. The number of hydrogen-bond acceptors (Lipinski definition) is 3. The average molecular weight is 240 g/mol. The van der Waals surface area contributed by atoms with Crippen molar-refractivity contribution in [3.05, 3.63) is 0 Å². The molecule has 2 rings (SSSR count). The van der Waals surface area contributed by atoms with Crippen molar-refractivity contribution in [1.82, 2.24) is 10.2 Å². The minimum atomic E-state index is 0.414. The number of nitrogens with one attached hydrogen (secondary N) is 1. The van der Waals surface area contributed by atoms with Crippen LogP contribution in [0.3, 0.4) is 0 Å². The third kappa shape index (κ3) is 3.94. The molecular weight excluding hydrogens is 212 g/mol. The Balaban J connectivity index is 1.86. The van der Waals surface area contributed by atoms with E-state index in [-0.39, 0.29) is 0 Å². The Morgan fingerprint density at radius 3 is 3.00 bits per heavy atom. The van der Waals surface area contributed by atoms with Gasteiger partial charge in [0.15, 0.2) is 0 Å². The molecule has 100 valence electrons. The van der Waals surface area contributed by atoms with Crippen molar-refractivity contribution in [2.24, 2.45) is 0 Å². The van der Waals surface area contributed by atoms with Crippen LogP contribution in [-0.4, -0.2) is 49.3 Å². The second kappa shape index (κ2) is 6.72. The quantitative estimate of drug-likeness (QED) is 0.817. The zero-order valence-corrected chi connectivity index (χ0v) is 11.5. The van der Waals surface area contributed by atoms with E-state index in [4.69, 9.17) is 4.74 Å². The minimum Gasteiger partial charge on any atom is -0.377 e. The maximum absolute atomic E-state index is 5.74. The predicted molar refractivity (Wildman–Crippen MR) is 71.3 cm³/mol. The van der Waals surface area contributed by atoms with Crippen molar-refractivity contribution in [1.29, 1.82) is 0 Å². The first kappa shape index (κ1) is 13.3. The molecule has 1 aliphatic heterocycles. The zero-order valence-electron chi connectivity index (χ0n) is 11.5. The lowest BCUT2D eigenvalue weighted by atomic mass is 9.89. The number of rotatable bonds is 3. The van der Waals surface area contributed by atoms with Gasteiger partial charge in [0.25, 0.3) is 0 Å². The summed E-state index contributed by atoms with van der Waals surface area (Å²) in [5.74, 6) is 0. The molecule has 3 unspecified atom stereocenters. The van der Waals surface area contributed by atoms with E-state index in [1.165, 1.54) is 38.6 Å². The minimum absolute atomic E-state index is 0.414. The molecule has 1 N–H and O–H groups in total. The standard InChI is InChI=1S/C14H28N2O/c1-3-15-13-6-4-7-14(10-13)16-8-5-9-17-12(2)11-16/h12-15H,3-11H2,1-2H3. The van der Waals surface area contributed by atoms with Gasteiger partial charge < -0.3 is 10.1 Å². The highest BCUT2D eigenvalue weighted by molar-refractivity contribution is 4.85. The Kier molecular flexibility index (Phi) is 5.26. The summed E-state index contributed by atoms with van der Waals surface area (Å²) < 4.78 is 5.74. The Morgan fingerprint density at radius 1 is 1.29 bits per heavy atom. The van der Waals surface area contributed by atoms with Crippen molar-refractivity contribution >= 4 is 0 Å². The fraction of sp³-hybridized carbons (Fsp3) is 1.00. The Morgan fingerprint density at radius 2 is 2.18 bits per heavy atom. The lowest BCUT2D eigenvalue weighted by Gasteiger charge is -2.37. The molecule has 0 aromatic rings. The van der Waals surface area contributed by atoms with E-state index in [2.05, 4.69) is 24.1 Å². The van der Waals surface area contributed by atoms with Crippen LogP contribution in [0.2, 0.25) is 0 Å². The van der Waals surface area contributed by atoms with Gasteiger partial charge in [-0.05, 0) is 39.2 Å². The Hall–Kier alpha value is -0.120.